The molecular weight excluding hydrogens is 529 g/mol. The van der Waals surface area contributed by atoms with Crippen LogP contribution in [0.3, 0.4) is 0 Å². The summed E-state index contributed by atoms with van der Waals surface area (Å²) in [4.78, 5) is 29.5. The van der Waals surface area contributed by atoms with E-state index in [0.717, 1.165) is 5.56 Å². The second-order valence-corrected chi connectivity index (χ2v) is 9.33. The van der Waals surface area contributed by atoms with Gasteiger partial charge in [0, 0.05) is 26.3 Å². The van der Waals surface area contributed by atoms with Crippen LogP contribution in [-0.4, -0.2) is 18.2 Å². The van der Waals surface area contributed by atoms with Crippen molar-refractivity contribution < 1.29 is 19.1 Å². The van der Waals surface area contributed by atoms with E-state index in [2.05, 4.69) is 20.9 Å². The molecule has 0 aliphatic carbocycles. The second-order valence-electron chi connectivity index (χ2n) is 7.54. The topological polar surface area (TPSA) is 65.0 Å². The number of carbonyl (C=O) groups excluding carboxylic acids is 2. The predicted octanol–water partition coefficient (Wildman–Crippen LogP) is 7.60. The van der Waals surface area contributed by atoms with E-state index < -0.39 is 17.9 Å². The molecule has 0 saturated carbocycles. The highest BCUT2D eigenvalue weighted by Gasteiger charge is 2.21. The van der Waals surface area contributed by atoms with E-state index in [0.29, 0.717) is 31.3 Å². The number of hydrogen-bond acceptors (Lipinski definition) is 5. The lowest BCUT2D eigenvalue weighted by Crippen LogP contribution is -2.17. The normalized spacial score (nSPS) is 11.1. The molecule has 0 unspecified atom stereocenters. The quantitative estimate of drug-likeness (QED) is 0.181. The largest absolute Gasteiger partial charge is 0.422 e. The lowest BCUT2D eigenvalue weighted by Gasteiger charge is -2.15. The second kappa shape index (κ2) is 11.0. The Balaban J connectivity index is 2.03. The Morgan fingerprint density at radius 3 is 2.21 bits per heavy atom. The van der Waals surface area contributed by atoms with Crippen molar-refractivity contribution in [2.75, 3.05) is 0 Å². The highest BCUT2D eigenvalue weighted by Crippen LogP contribution is 2.36. The summed E-state index contributed by atoms with van der Waals surface area (Å²) in [6, 6.07) is 15.1. The number of benzene rings is 3. The number of esters is 2. The molecular formula is C25H20BrCl2NO4. The fraction of sp³-hybridized carbons (Fsp3) is 0.160. The van der Waals surface area contributed by atoms with Gasteiger partial charge in [0.15, 0.2) is 11.5 Å². The number of ether oxygens (including phenoxy) is 2. The minimum Gasteiger partial charge on any atom is -0.422 e. The van der Waals surface area contributed by atoms with E-state index in [1.807, 2.05) is 19.1 Å². The first-order valence-corrected chi connectivity index (χ1v) is 11.5. The zero-order valence-corrected chi connectivity index (χ0v) is 21.2. The summed E-state index contributed by atoms with van der Waals surface area (Å²) in [5.74, 6) is -1.31. The molecule has 0 atom stereocenters. The van der Waals surface area contributed by atoms with Crippen LogP contribution in [0.25, 0.3) is 0 Å². The summed E-state index contributed by atoms with van der Waals surface area (Å²) < 4.78 is 11.8. The molecule has 0 radical (unpaired) electrons. The molecule has 0 amide bonds. The molecule has 0 spiro atoms. The van der Waals surface area contributed by atoms with Gasteiger partial charge < -0.3 is 9.47 Å². The van der Waals surface area contributed by atoms with Crippen LogP contribution in [0.2, 0.25) is 10.0 Å². The summed E-state index contributed by atoms with van der Waals surface area (Å²) in [5.41, 5.74) is 2.30. The third-order valence-corrected chi connectivity index (χ3v) is 5.31. The maximum atomic E-state index is 12.7. The molecule has 3 rings (SSSR count). The van der Waals surface area contributed by atoms with Gasteiger partial charge in [-0.05, 0) is 49.4 Å². The minimum absolute atomic E-state index is 0.0780. The van der Waals surface area contributed by atoms with Gasteiger partial charge in [0.05, 0.1) is 17.2 Å². The molecule has 0 aliphatic rings. The Hall–Kier alpha value is -2.67. The first-order valence-electron chi connectivity index (χ1n) is 9.96. The van der Waals surface area contributed by atoms with Crippen LogP contribution >= 0.6 is 39.1 Å². The highest BCUT2D eigenvalue weighted by molar-refractivity contribution is 9.10. The predicted molar refractivity (Wildman–Crippen MR) is 134 cm³/mol. The third kappa shape index (κ3) is 6.90. The lowest BCUT2D eigenvalue weighted by atomic mass is 10.1. The molecule has 0 N–H and O–H groups in total. The molecule has 3 aromatic rings. The summed E-state index contributed by atoms with van der Waals surface area (Å²) in [6.07, 6.45) is 1.49. The average Bonchev–Trinajstić information content (AvgIpc) is 2.73. The van der Waals surface area contributed by atoms with E-state index in [1.165, 1.54) is 6.21 Å². The Kier molecular flexibility index (Phi) is 8.30. The van der Waals surface area contributed by atoms with Gasteiger partial charge in [-0.25, -0.2) is 4.79 Å². The van der Waals surface area contributed by atoms with Crippen LogP contribution in [-0.2, 0) is 4.79 Å². The van der Waals surface area contributed by atoms with Crippen LogP contribution in [0, 0.1) is 12.8 Å². The monoisotopic (exact) mass is 547 g/mol. The highest BCUT2D eigenvalue weighted by atomic mass is 79.9. The standard InChI is InChI=1S/C25H20BrCl2NO4/c1-14(2)24(30)33-23-17(13-29-21-11-19(27)10-20(28)12-21)8-18(26)9-22(23)32-25(31)16-6-4-15(3)5-7-16/h4-14H,1-3H3. The van der Waals surface area contributed by atoms with Gasteiger partial charge in [-0.15, -0.1) is 0 Å². The van der Waals surface area contributed by atoms with Crippen molar-refractivity contribution >= 4 is 63.0 Å². The molecule has 8 heteroatoms. The number of halogens is 3. The Bertz CT molecular complexity index is 1200. The van der Waals surface area contributed by atoms with Gasteiger partial charge in [-0.1, -0.05) is 70.7 Å². The Morgan fingerprint density at radius 1 is 0.970 bits per heavy atom. The fourth-order valence-electron chi connectivity index (χ4n) is 2.69. The Morgan fingerprint density at radius 2 is 1.61 bits per heavy atom. The molecule has 0 aromatic heterocycles. The fourth-order valence-corrected chi connectivity index (χ4v) is 3.66. The number of aryl methyl sites for hydroxylation is 1. The molecule has 5 nitrogen and oxygen atoms in total. The number of rotatable bonds is 6. The molecule has 0 aliphatic heterocycles. The van der Waals surface area contributed by atoms with Crippen molar-refractivity contribution in [2.45, 2.75) is 20.8 Å². The van der Waals surface area contributed by atoms with E-state index in [4.69, 9.17) is 32.7 Å². The number of nitrogens with zero attached hydrogens (tertiary/aromatic N) is 1. The van der Waals surface area contributed by atoms with Gasteiger partial charge >= 0.3 is 11.9 Å². The molecule has 33 heavy (non-hydrogen) atoms. The maximum absolute atomic E-state index is 12.7. The van der Waals surface area contributed by atoms with Crippen molar-refractivity contribution in [3.63, 3.8) is 0 Å². The third-order valence-electron chi connectivity index (χ3n) is 4.41. The SMILES string of the molecule is Cc1ccc(C(=O)Oc2cc(Br)cc(C=Nc3cc(Cl)cc(Cl)c3)c2OC(=O)C(C)C)cc1. The summed E-state index contributed by atoms with van der Waals surface area (Å²) in [7, 11) is 0. The van der Waals surface area contributed by atoms with Crippen molar-refractivity contribution in [1.82, 2.24) is 0 Å². The van der Waals surface area contributed by atoms with E-state index in [-0.39, 0.29) is 11.5 Å². The number of hydrogen-bond donors (Lipinski definition) is 0. The number of carbonyl (C=O) groups is 2. The Labute approximate surface area is 210 Å². The van der Waals surface area contributed by atoms with Crippen molar-refractivity contribution in [2.24, 2.45) is 10.9 Å². The minimum atomic E-state index is -0.584. The van der Waals surface area contributed by atoms with Crippen LogP contribution in [0.1, 0.15) is 35.3 Å². The molecule has 0 bridgehead atoms. The average molecular weight is 549 g/mol. The van der Waals surface area contributed by atoms with Gasteiger partial charge in [-0.2, -0.15) is 0 Å². The zero-order valence-electron chi connectivity index (χ0n) is 18.1. The van der Waals surface area contributed by atoms with Crippen molar-refractivity contribution in [3.05, 3.63) is 85.8 Å². The smallest absolute Gasteiger partial charge is 0.343 e. The first-order chi connectivity index (χ1) is 15.6. The molecule has 3 aromatic carbocycles. The van der Waals surface area contributed by atoms with Gasteiger partial charge in [0.1, 0.15) is 0 Å². The zero-order chi connectivity index (χ0) is 24.1. The van der Waals surface area contributed by atoms with Crippen molar-refractivity contribution in [3.8, 4) is 11.5 Å². The van der Waals surface area contributed by atoms with Crippen LogP contribution in [0.5, 0.6) is 11.5 Å². The van der Waals surface area contributed by atoms with Crippen LogP contribution in [0.4, 0.5) is 5.69 Å². The molecule has 0 saturated heterocycles. The van der Waals surface area contributed by atoms with Crippen molar-refractivity contribution in [1.29, 1.82) is 0 Å². The molecule has 0 fully saturated rings. The molecule has 0 heterocycles. The summed E-state index contributed by atoms with van der Waals surface area (Å²) in [6.45, 7) is 5.34. The summed E-state index contributed by atoms with van der Waals surface area (Å²) >= 11 is 15.5. The van der Waals surface area contributed by atoms with E-state index in [9.17, 15) is 9.59 Å². The van der Waals surface area contributed by atoms with Crippen LogP contribution < -0.4 is 9.47 Å². The van der Waals surface area contributed by atoms with Gasteiger partial charge in [-0.3, -0.25) is 9.79 Å². The lowest BCUT2D eigenvalue weighted by molar-refractivity contribution is -0.137. The van der Waals surface area contributed by atoms with E-state index in [1.54, 1.807) is 56.3 Å². The van der Waals surface area contributed by atoms with Crippen LogP contribution in [0.15, 0.2) is 64.1 Å². The maximum Gasteiger partial charge on any atom is 0.343 e. The summed E-state index contributed by atoms with van der Waals surface area (Å²) in [5, 5.41) is 0.867. The number of aliphatic imine (C=N–C) groups is 1. The van der Waals surface area contributed by atoms with E-state index >= 15 is 0 Å². The first kappa shape index (κ1) is 25.0. The van der Waals surface area contributed by atoms with Gasteiger partial charge in [0.25, 0.3) is 0 Å². The molecule has 170 valence electrons. The van der Waals surface area contributed by atoms with Gasteiger partial charge in [0.2, 0.25) is 0 Å².